The van der Waals surface area contributed by atoms with Gasteiger partial charge in [0.05, 0.1) is 10.4 Å². The van der Waals surface area contributed by atoms with Crippen LogP contribution in [-0.2, 0) is 0 Å². The fraction of sp³-hybridized carbons (Fsp3) is 0.174. The van der Waals surface area contributed by atoms with E-state index in [9.17, 15) is 23.2 Å². The molecule has 0 aliphatic carbocycles. The molecule has 1 fully saturated rings. The minimum Gasteiger partial charge on any atom is -0.335 e. The summed E-state index contributed by atoms with van der Waals surface area (Å²) < 4.78 is 26.6. The minimum atomic E-state index is -1.08. The molecule has 2 aromatic carbocycles. The van der Waals surface area contributed by atoms with Crippen LogP contribution >= 0.6 is 11.3 Å². The smallest absolute Gasteiger partial charge is 0.254 e. The first-order valence-corrected chi connectivity index (χ1v) is 10.5. The summed E-state index contributed by atoms with van der Waals surface area (Å²) in [6, 6.07) is 13.2. The Labute approximate surface area is 181 Å². The first-order valence-electron chi connectivity index (χ1n) is 9.66. The zero-order valence-corrected chi connectivity index (χ0v) is 17.2. The number of hydrogen-bond acceptors (Lipinski definition) is 4. The molecule has 4 rings (SSSR count). The molecule has 0 unspecified atom stereocenters. The molecule has 0 saturated carbocycles. The predicted molar refractivity (Wildman–Crippen MR) is 112 cm³/mol. The number of benzene rings is 2. The van der Waals surface area contributed by atoms with Crippen molar-refractivity contribution in [3.63, 3.8) is 0 Å². The summed E-state index contributed by atoms with van der Waals surface area (Å²) in [5.74, 6) is -2.99. The normalized spacial score (nSPS) is 13.9. The van der Waals surface area contributed by atoms with Crippen molar-refractivity contribution in [1.29, 1.82) is 0 Å². The van der Waals surface area contributed by atoms with E-state index in [0.29, 0.717) is 16.0 Å². The maximum absolute atomic E-state index is 13.4. The Hall–Kier alpha value is -3.39. The molecule has 2 amide bonds. The summed E-state index contributed by atoms with van der Waals surface area (Å²) in [6.07, 6.45) is 0. The topological polar surface area (TPSA) is 57.7 Å². The molecule has 2 heterocycles. The number of hydrogen-bond donors (Lipinski definition) is 0. The van der Waals surface area contributed by atoms with Crippen LogP contribution in [0.15, 0.2) is 60.0 Å². The number of ketones is 1. The van der Waals surface area contributed by atoms with Gasteiger partial charge in [-0.25, -0.2) is 8.78 Å². The third-order valence-corrected chi connectivity index (χ3v) is 6.04. The fourth-order valence-corrected chi connectivity index (χ4v) is 4.18. The molecule has 1 aliphatic heterocycles. The van der Waals surface area contributed by atoms with Gasteiger partial charge >= 0.3 is 0 Å². The summed E-state index contributed by atoms with van der Waals surface area (Å²) in [6.45, 7) is 1.06. The zero-order chi connectivity index (χ0) is 22.0. The van der Waals surface area contributed by atoms with E-state index in [4.69, 9.17) is 0 Å². The average Bonchev–Trinajstić information content (AvgIpc) is 3.34. The highest BCUT2D eigenvalue weighted by atomic mass is 32.1. The summed E-state index contributed by atoms with van der Waals surface area (Å²) >= 11 is 1.32. The second-order valence-corrected chi connectivity index (χ2v) is 8.01. The molecule has 1 aromatic heterocycles. The molecular formula is C23H18F2N2O3S. The van der Waals surface area contributed by atoms with Crippen LogP contribution in [0, 0.1) is 11.6 Å². The Balaban J connectivity index is 1.46. The third-order valence-electron chi connectivity index (χ3n) is 5.17. The van der Waals surface area contributed by atoms with Crippen molar-refractivity contribution in [2.45, 2.75) is 0 Å². The lowest BCUT2D eigenvalue weighted by Crippen LogP contribution is -2.50. The van der Waals surface area contributed by atoms with E-state index in [0.717, 1.165) is 12.1 Å². The predicted octanol–water partition coefficient (Wildman–Crippen LogP) is 3.86. The van der Waals surface area contributed by atoms with Crippen molar-refractivity contribution in [3.8, 4) is 0 Å². The van der Waals surface area contributed by atoms with Gasteiger partial charge < -0.3 is 9.80 Å². The molecule has 0 spiro atoms. The van der Waals surface area contributed by atoms with E-state index in [-0.39, 0.29) is 43.4 Å². The maximum Gasteiger partial charge on any atom is 0.254 e. The quantitative estimate of drug-likeness (QED) is 0.579. The van der Waals surface area contributed by atoms with Gasteiger partial charge in [-0.05, 0) is 35.7 Å². The molecule has 158 valence electrons. The highest BCUT2D eigenvalue weighted by Gasteiger charge is 2.28. The molecule has 1 saturated heterocycles. The van der Waals surface area contributed by atoms with Gasteiger partial charge in [0.15, 0.2) is 11.6 Å². The van der Waals surface area contributed by atoms with Crippen molar-refractivity contribution < 1.29 is 23.2 Å². The van der Waals surface area contributed by atoms with Crippen LogP contribution in [0.4, 0.5) is 8.78 Å². The molecule has 0 radical (unpaired) electrons. The number of carbonyl (C=O) groups is 3. The first-order chi connectivity index (χ1) is 15.0. The minimum absolute atomic E-state index is 0.0607. The first kappa shape index (κ1) is 20.9. The fourth-order valence-electron chi connectivity index (χ4n) is 3.50. The summed E-state index contributed by atoms with van der Waals surface area (Å²) in [4.78, 5) is 42.1. The molecule has 0 N–H and O–H groups in total. The monoisotopic (exact) mass is 440 g/mol. The van der Waals surface area contributed by atoms with Crippen LogP contribution in [0.2, 0.25) is 0 Å². The number of rotatable bonds is 4. The molecule has 3 aromatic rings. The van der Waals surface area contributed by atoms with Crippen molar-refractivity contribution in [1.82, 2.24) is 9.80 Å². The molecule has 5 nitrogen and oxygen atoms in total. The largest absolute Gasteiger partial charge is 0.335 e. The van der Waals surface area contributed by atoms with Crippen LogP contribution in [0.3, 0.4) is 0 Å². The molecule has 0 bridgehead atoms. The van der Waals surface area contributed by atoms with Crippen molar-refractivity contribution in [2.75, 3.05) is 26.2 Å². The summed E-state index contributed by atoms with van der Waals surface area (Å²) in [5.41, 5.74) is 0.724. The van der Waals surface area contributed by atoms with Gasteiger partial charge in [-0.1, -0.05) is 24.3 Å². The van der Waals surface area contributed by atoms with Gasteiger partial charge in [-0.2, -0.15) is 0 Å². The molecule has 0 atom stereocenters. The number of amides is 2. The second-order valence-electron chi connectivity index (χ2n) is 7.07. The van der Waals surface area contributed by atoms with Gasteiger partial charge in [0.25, 0.3) is 11.8 Å². The van der Waals surface area contributed by atoms with Gasteiger partial charge in [0.1, 0.15) is 0 Å². The number of carbonyl (C=O) groups excluding carboxylic acids is 3. The van der Waals surface area contributed by atoms with Crippen molar-refractivity contribution in [2.24, 2.45) is 0 Å². The Morgan fingerprint density at radius 2 is 1.39 bits per heavy atom. The van der Waals surface area contributed by atoms with Crippen LogP contribution in [0.5, 0.6) is 0 Å². The Morgan fingerprint density at radius 1 is 0.742 bits per heavy atom. The Kier molecular flexibility index (Phi) is 5.90. The number of nitrogens with zero attached hydrogens (tertiary/aromatic N) is 2. The lowest BCUT2D eigenvalue weighted by molar-refractivity contribution is 0.0534. The van der Waals surface area contributed by atoms with Gasteiger partial charge in [0, 0.05) is 37.3 Å². The Bertz CT molecular complexity index is 1140. The number of piperazine rings is 1. The van der Waals surface area contributed by atoms with Gasteiger partial charge in [-0.3, -0.25) is 14.4 Å². The van der Waals surface area contributed by atoms with Gasteiger partial charge in [0.2, 0.25) is 5.78 Å². The highest BCUT2D eigenvalue weighted by Crippen LogP contribution is 2.21. The van der Waals surface area contributed by atoms with E-state index in [1.54, 1.807) is 46.7 Å². The number of halogens is 2. The van der Waals surface area contributed by atoms with E-state index < -0.39 is 17.5 Å². The second kappa shape index (κ2) is 8.77. The average molecular weight is 440 g/mol. The van der Waals surface area contributed by atoms with Crippen LogP contribution in [0.1, 0.15) is 36.0 Å². The SMILES string of the molecule is O=C(c1cccs1)c1ccccc1C(=O)N1CCN(C(=O)c2ccc(F)c(F)c2)CC1. The van der Waals surface area contributed by atoms with Crippen molar-refractivity contribution in [3.05, 3.63) is 93.2 Å². The third kappa shape index (κ3) is 4.25. The van der Waals surface area contributed by atoms with Gasteiger partial charge in [-0.15, -0.1) is 11.3 Å². The van der Waals surface area contributed by atoms with E-state index in [1.165, 1.54) is 22.3 Å². The standard InChI is InChI=1S/C23H18F2N2O3S/c24-18-8-7-15(14-19(18)25)22(29)26-9-11-27(12-10-26)23(30)17-5-2-1-4-16(17)21(28)20-6-3-13-31-20/h1-8,13-14H,9-12H2. The van der Waals surface area contributed by atoms with E-state index in [2.05, 4.69) is 0 Å². The summed E-state index contributed by atoms with van der Waals surface area (Å²) in [5, 5.41) is 1.81. The summed E-state index contributed by atoms with van der Waals surface area (Å²) in [7, 11) is 0. The molecule has 31 heavy (non-hydrogen) atoms. The van der Waals surface area contributed by atoms with Crippen LogP contribution in [-0.4, -0.2) is 53.6 Å². The number of thiophene rings is 1. The molecular weight excluding hydrogens is 422 g/mol. The lowest BCUT2D eigenvalue weighted by Gasteiger charge is -2.35. The van der Waals surface area contributed by atoms with Crippen LogP contribution < -0.4 is 0 Å². The van der Waals surface area contributed by atoms with Crippen molar-refractivity contribution >= 4 is 28.9 Å². The Morgan fingerprint density at radius 3 is 2.00 bits per heavy atom. The zero-order valence-electron chi connectivity index (χ0n) is 16.4. The molecule has 1 aliphatic rings. The maximum atomic E-state index is 13.4. The lowest BCUT2D eigenvalue weighted by atomic mass is 10.0. The van der Waals surface area contributed by atoms with E-state index >= 15 is 0 Å². The van der Waals surface area contributed by atoms with Crippen LogP contribution in [0.25, 0.3) is 0 Å². The highest BCUT2D eigenvalue weighted by molar-refractivity contribution is 7.12. The van der Waals surface area contributed by atoms with E-state index in [1.807, 2.05) is 0 Å². The molecule has 8 heteroatoms.